The van der Waals surface area contributed by atoms with Gasteiger partial charge in [0.25, 0.3) is 0 Å². The van der Waals surface area contributed by atoms with E-state index in [1.54, 1.807) is 10.9 Å². The number of hydrogen-bond acceptors (Lipinski definition) is 5. The molecular weight excluding hydrogens is 228 g/mol. The number of nitrogens with zero attached hydrogens (tertiary/aromatic N) is 4. The maximum atomic E-state index is 4.46. The topological polar surface area (TPSA) is 67.7 Å². The summed E-state index contributed by atoms with van der Waals surface area (Å²) in [5, 5.41) is 10.6. The Morgan fingerprint density at radius 1 is 1.33 bits per heavy atom. The van der Waals surface area contributed by atoms with E-state index in [1.165, 1.54) is 12.8 Å². The zero-order valence-electron chi connectivity index (χ0n) is 10.5. The van der Waals surface area contributed by atoms with Crippen LogP contribution in [0.15, 0.2) is 18.3 Å². The first kappa shape index (κ1) is 11.0. The van der Waals surface area contributed by atoms with E-state index in [2.05, 4.69) is 25.7 Å². The van der Waals surface area contributed by atoms with Crippen molar-refractivity contribution in [1.82, 2.24) is 19.7 Å². The molecule has 6 nitrogen and oxygen atoms in total. The molecule has 2 aromatic heterocycles. The van der Waals surface area contributed by atoms with Gasteiger partial charge >= 0.3 is 0 Å². The molecule has 0 amide bonds. The van der Waals surface area contributed by atoms with Crippen molar-refractivity contribution in [3.8, 4) is 0 Å². The molecule has 0 spiro atoms. The van der Waals surface area contributed by atoms with Crippen LogP contribution in [0.4, 0.5) is 17.6 Å². The molecule has 94 valence electrons. The van der Waals surface area contributed by atoms with Crippen molar-refractivity contribution >= 4 is 17.6 Å². The number of nitrogens with one attached hydrogen (secondary N) is 2. The molecule has 0 bridgehead atoms. The molecule has 0 aromatic carbocycles. The summed E-state index contributed by atoms with van der Waals surface area (Å²) in [6, 6.07) is 4.44. The van der Waals surface area contributed by atoms with Crippen LogP contribution in [-0.2, 0) is 7.05 Å². The third kappa shape index (κ3) is 2.42. The van der Waals surface area contributed by atoms with Crippen LogP contribution >= 0.6 is 0 Å². The predicted octanol–water partition coefficient (Wildman–Crippen LogP) is 1.84. The fourth-order valence-electron chi connectivity index (χ4n) is 1.75. The van der Waals surface area contributed by atoms with Crippen molar-refractivity contribution in [2.24, 2.45) is 7.05 Å². The van der Waals surface area contributed by atoms with Gasteiger partial charge < -0.3 is 10.6 Å². The Balaban J connectivity index is 1.82. The largest absolute Gasteiger partial charge is 0.367 e. The van der Waals surface area contributed by atoms with Gasteiger partial charge in [-0.05, 0) is 19.8 Å². The van der Waals surface area contributed by atoms with Crippen molar-refractivity contribution in [2.75, 3.05) is 10.6 Å². The Morgan fingerprint density at radius 3 is 2.83 bits per heavy atom. The van der Waals surface area contributed by atoms with E-state index in [1.807, 2.05) is 26.1 Å². The first-order valence-electron chi connectivity index (χ1n) is 6.08. The van der Waals surface area contributed by atoms with Crippen molar-refractivity contribution < 1.29 is 0 Å². The highest BCUT2D eigenvalue weighted by molar-refractivity contribution is 5.51. The smallest absolute Gasteiger partial charge is 0.230 e. The first-order valence-corrected chi connectivity index (χ1v) is 6.08. The Labute approximate surface area is 105 Å². The highest BCUT2D eigenvalue weighted by atomic mass is 15.3. The molecule has 18 heavy (non-hydrogen) atoms. The zero-order valence-corrected chi connectivity index (χ0v) is 10.5. The van der Waals surface area contributed by atoms with Crippen LogP contribution < -0.4 is 10.6 Å². The van der Waals surface area contributed by atoms with Gasteiger partial charge in [0.2, 0.25) is 5.95 Å². The highest BCUT2D eigenvalue weighted by Gasteiger charge is 2.21. The highest BCUT2D eigenvalue weighted by Crippen LogP contribution is 2.24. The lowest BCUT2D eigenvalue weighted by atomic mass is 10.4. The van der Waals surface area contributed by atoms with Crippen LogP contribution in [0.25, 0.3) is 0 Å². The molecule has 2 N–H and O–H groups in total. The van der Waals surface area contributed by atoms with Gasteiger partial charge in [-0.15, -0.1) is 0 Å². The number of aromatic nitrogens is 4. The molecule has 0 atom stereocenters. The van der Waals surface area contributed by atoms with E-state index < -0.39 is 0 Å². The van der Waals surface area contributed by atoms with Crippen molar-refractivity contribution in [3.05, 3.63) is 24.0 Å². The molecule has 1 aliphatic rings. The summed E-state index contributed by atoms with van der Waals surface area (Å²) in [7, 11) is 1.88. The molecule has 3 rings (SSSR count). The van der Waals surface area contributed by atoms with Crippen LogP contribution in [0.2, 0.25) is 0 Å². The Kier molecular flexibility index (Phi) is 2.62. The second-order valence-corrected chi connectivity index (χ2v) is 4.60. The van der Waals surface area contributed by atoms with Crippen LogP contribution in [0, 0.1) is 6.92 Å². The summed E-state index contributed by atoms with van der Waals surface area (Å²) in [5.41, 5.74) is 0.942. The molecule has 1 saturated carbocycles. The minimum Gasteiger partial charge on any atom is -0.367 e. The van der Waals surface area contributed by atoms with E-state index in [0.29, 0.717) is 12.0 Å². The lowest BCUT2D eigenvalue weighted by Gasteiger charge is -2.09. The summed E-state index contributed by atoms with van der Waals surface area (Å²) in [6.45, 7) is 1.97. The van der Waals surface area contributed by atoms with Gasteiger partial charge in [0.05, 0.1) is 6.20 Å². The average Bonchev–Trinajstić information content (AvgIpc) is 3.02. The Bertz CT molecular complexity index is 557. The van der Waals surface area contributed by atoms with Gasteiger partial charge in [0, 0.05) is 30.9 Å². The van der Waals surface area contributed by atoms with Gasteiger partial charge in [-0.3, -0.25) is 4.68 Å². The summed E-state index contributed by atoms with van der Waals surface area (Å²) in [5.74, 6) is 2.36. The second-order valence-electron chi connectivity index (χ2n) is 4.60. The van der Waals surface area contributed by atoms with Crippen LogP contribution in [0.3, 0.4) is 0 Å². The zero-order chi connectivity index (χ0) is 12.5. The predicted molar refractivity (Wildman–Crippen MR) is 69.9 cm³/mol. The fraction of sp³-hybridized carbons (Fsp3) is 0.417. The molecule has 1 aliphatic carbocycles. The SMILES string of the molecule is Cc1cc(NC2CC2)nc(Nc2ccnn2C)n1. The van der Waals surface area contributed by atoms with Crippen LogP contribution in [0.1, 0.15) is 18.5 Å². The molecule has 2 aromatic rings. The number of anilines is 3. The molecule has 0 radical (unpaired) electrons. The third-order valence-electron chi connectivity index (χ3n) is 2.84. The number of hydrogen-bond donors (Lipinski definition) is 2. The minimum absolute atomic E-state index is 0.587. The van der Waals surface area contributed by atoms with Gasteiger partial charge in [-0.1, -0.05) is 0 Å². The molecule has 1 fully saturated rings. The molecule has 2 heterocycles. The van der Waals surface area contributed by atoms with E-state index in [-0.39, 0.29) is 0 Å². The van der Waals surface area contributed by atoms with Gasteiger partial charge in [-0.25, -0.2) is 4.98 Å². The summed E-state index contributed by atoms with van der Waals surface area (Å²) in [4.78, 5) is 8.83. The molecule has 0 unspecified atom stereocenters. The van der Waals surface area contributed by atoms with Crippen molar-refractivity contribution in [1.29, 1.82) is 0 Å². The summed E-state index contributed by atoms with van der Waals surface area (Å²) in [6.07, 6.45) is 4.20. The fourth-order valence-corrected chi connectivity index (χ4v) is 1.75. The summed E-state index contributed by atoms with van der Waals surface area (Å²) >= 11 is 0. The Morgan fingerprint density at radius 2 is 2.17 bits per heavy atom. The number of rotatable bonds is 4. The van der Waals surface area contributed by atoms with Crippen LogP contribution in [-0.4, -0.2) is 25.8 Å². The van der Waals surface area contributed by atoms with Crippen molar-refractivity contribution in [3.63, 3.8) is 0 Å². The van der Waals surface area contributed by atoms with Crippen molar-refractivity contribution in [2.45, 2.75) is 25.8 Å². The molecule has 0 aliphatic heterocycles. The number of aryl methyl sites for hydroxylation is 2. The van der Waals surface area contributed by atoms with Crippen LogP contribution in [0.5, 0.6) is 0 Å². The standard InChI is InChI=1S/C12H16N6/c1-8-7-10(15-9-3-4-9)16-12(14-8)17-11-5-6-13-18(11)2/h5-7,9H,3-4H2,1-2H3,(H2,14,15,16,17). The minimum atomic E-state index is 0.587. The lowest BCUT2D eigenvalue weighted by molar-refractivity contribution is 0.775. The van der Waals surface area contributed by atoms with Gasteiger partial charge in [0.1, 0.15) is 11.6 Å². The molecular formula is C12H16N6. The van der Waals surface area contributed by atoms with Gasteiger partial charge in [-0.2, -0.15) is 10.1 Å². The average molecular weight is 244 g/mol. The summed E-state index contributed by atoms with van der Waals surface area (Å²) < 4.78 is 1.75. The lowest BCUT2D eigenvalue weighted by Crippen LogP contribution is -2.08. The normalized spacial score (nSPS) is 14.6. The Hall–Kier alpha value is -2.11. The second kappa shape index (κ2) is 4.29. The monoisotopic (exact) mass is 244 g/mol. The maximum Gasteiger partial charge on any atom is 0.230 e. The van der Waals surface area contributed by atoms with E-state index in [9.17, 15) is 0 Å². The van der Waals surface area contributed by atoms with E-state index in [0.717, 1.165) is 17.3 Å². The van der Waals surface area contributed by atoms with E-state index in [4.69, 9.17) is 0 Å². The molecule has 6 heteroatoms. The van der Waals surface area contributed by atoms with E-state index >= 15 is 0 Å². The van der Waals surface area contributed by atoms with Gasteiger partial charge in [0.15, 0.2) is 0 Å². The quantitative estimate of drug-likeness (QED) is 0.859. The molecule has 0 saturated heterocycles. The first-order chi connectivity index (χ1) is 8.70. The third-order valence-corrected chi connectivity index (χ3v) is 2.84. The maximum absolute atomic E-state index is 4.46.